The molecule has 11 aromatic rings. The van der Waals surface area contributed by atoms with Gasteiger partial charge in [0.15, 0.2) is 0 Å². The van der Waals surface area contributed by atoms with E-state index in [-0.39, 0.29) is 6.17 Å². The summed E-state index contributed by atoms with van der Waals surface area (Å²) in [5.74, 6) is 0. The second-order valence-corrected chi connectivity index (χ2v) is 14.7. The van der Waals surface area contributed by atoms with Crippen LogP contribution in [0.1, 0.15) is 22.9 Å². The molecule has 0 amide bonds. The van der Waals surface area contributed by atoms with E-state index in [1.54, 1.807) is 0 Å². The van der Waals surface area contributed by atoms with E-state index < -0.39 is 0 Å². The van der Waals surface area contributed by atoms with E-state index in [1.807, 2.05) is 24.3 Å². The molecule has 56 heavy (non-hydrogen) atoms. The van der Waals surface area contributed by atoms with Crippen LogP contribution in [0.25, 0.3) is 93.0 Å². The van der Waals surface area contributed by atoms with Crippen LogP contribution in [-0.2, 0) is 0 Å². The first-order valence-corrected chi connectivity index (χ1v) is 19.1. The number of hydrogen-bond acceptors (Lipinski definition) is 4. The molecule has 12 rings (SSSR count). The predicted octanol–water partition coefficient (Wildman–Crippen LogP) is 13.7. The summed E-state index contributed by atoms with van der Waals surface area (Å²) in [5.41, 5.74) is 10.6. The lowest BCUT2D eigenvalue weighted by molar-refractivity contribution is 0.664. The summed E-state index contributed by atoms with van der Waals surface area (Å²) in [6, 6.07) is 62.2. The van der Waals surface area contributed by atoms with E-state index in [0.29, 0.717) is 0 Å². The summed E-state index contributed by atoms with van der Waals surface area (Å²) in [4.78, 5) is 5.57. The van der Waals surface area contributed by atoms with Crippen molar-refractivity contribution in [3.63, 3.8) is 0 Å². The molecule has 0 aliphatic carbocycles. The summed E-state index contributed by atoms with van der Waals surface area (Å²) in [6.07, 6.45) is 1.86. The fourth-order valence-corrected chi connectivity index (χ4v) is 8.85. The smallest absolute Gasteiger partial charge is 0.145 e. The number of nitrogens with zero attached hydrogens (tertiary/aromatic N) is 1. The van der Waals surface area contributed by atoms with Crippen molar-refractivity contribution >= 4 is 87.6 Å². The Morgan fingerprint density at radius 3 is 1.80 bits per heavy atom. The molecule has 0 fully saturated rings. The van der Waals surface area contributed by atoms with Crippen molar-refractivity contribution in [2.75, 3.05) is 0 Å². The molecule has 2 aromatic heterocycles. The maximum absolute atomic E-state index is 6.69. The molecule has 9 aromatic carbocycles. The van der Waals surface area contributed by atoms with Crippen LogP contribution in [-0.4, -0.2) is 5.71 Å². The highest BCUT2D eigenvalue weighted by atomic mass is 16.3. The summed E-state index contributed by atoms with van der Waals surface area (Å²) in [7, 11) is 0. The van der Waals surface area contributed by atoms with Crippen molar-refractivity contribution in [2.45, 2.75) is 6.17 Å². The van der Waals surface area contributed by atoms with E-state index in [2.05, 4.69) is 163 Å². The van der Waals surface area contributed by atoms with Crippen LogP contribution >= 0.6 is 0 Å². The van der Waals surface area contributed by atoms with Crippen LogP contribution in [0.3, 0.4) is 0 Å². The molecule has 262 valence electrons. The van der Waals surface area contributed by atoms with Gasteiger partial charge in [-0.3, -0.25) is 4.99 Å². The molecular weight excluding hydrogens is 685 g/mol. The van der Waals surface area contributed by atoms with Gasteiger partial charge in [0.2, 0.25) is 0 Å². The van der Waals surface area contributed by atoms with Gasteiger partial charge >= 0.3 is 0 Å². The molecule has 0 saturated heterocycles. The van der Waals surface area contributed by atoms with Gasteiger partial charge in [-0.2, -0.15) is 0 Å². The molecule has 4 heteroatoms. The van der Waals surface area contributed by atoms with Gasteiger partial charge in [-0.15, -0.1) is 0 Å². The van der Waals surface area contributed by atoms with Gasteiger partial charge in [0.25, 0.3) is 0 Å². The highest BCUT2D eigenvalue weighted by Gasteiger charge is 2.25. The third kappa shape index (κ3) is 4.76. The number of nitrogens with one attached hydrogen (secondary N) is 1. The van der Waals surface area contributed by atoms with Gasteiger partial charge < -0.3 is 14.2 Å². The van der Waals surface area contributed by atoms with Crippen molar-refractivity contribution in [1.29, 1.82) is 0 Å². The molecule has 0 spiro atoms. The minimum Gasteiger partial charge on any atom is -0.456 e. The Hall–Kier alpha value is -7.43. The average molecular weight is 717 g/mol. The van der Waals surface area contributed by atoms with Crippen molar-refractivity contribution in [3.8, 4) is 11.1 Å². The third-order valence-corrected chi connectivity index (χ3v) is 11.5. The summed E-state index contributed by atoms with van der Waals surface area (Å²) in [5, 5.41) is 15.4. The molecule has 3 heterocycles. The van der Waals surface area contributed by atoms with Crippen LogP contribution in [0.5, 0.6) is 0 Å². The van der Waals surface area contributed by atoms with Crippen molar-refractivity contribution in [2.24, 2.45) is 4.99 Å². The van der Waals surface area contributed by atoms with Crippen molar-refractivity contribution in [1.82, 2.24) is 5.32 Å². The molecule has 0 radical (unpaired) electrons. The van der Waals surface area contributed by atoms with E-state index >= 15 is 0 Å². The lowest BCUT2D eigenvalue weighted by Gasteiger charge is -2.25. The molecule has 1 N–H and O–H groups in total. The maximum Gasteiger partial charge on any atom is 0.145 e. The molecule has 0 saturated carbocycles. The number of para-hydroxylation sites is 2. The van der Waals surface area contributed by atoms with Gasteiger partial charge in [0.1, 0.15) is 28.5 Å². The Labute approximate surface area is 321 Å². The number of allylic oxidation sites excluding steroid dienone is 1. The lowest BCUT2D eigenvalue weighted by atomic mass is 9.91. The fraction of sp³-hybridized carbons (Fsp3) is 0.0192. The van der Waals surface area contributed by atoms with E-state index in [9.17, 15) is 0 Å². The molecule has 1 atom stereocenters. The SMILES string of the molecule is C1=C(c2ccccc2)NC(c2ccc3ccc4ccccc4c3c2)N=C1c1cc(-c2cc3oc4ccccc4c3c3ccccc23)cc2oc3ccccc3c12. The highest BCUT2D eigenvalue weighted by Crippen LogP contribution is 2.43. The minimum atomic E-state index is -0.335. The van der Waals surface area contributed by atoms with E-state index in [0.717, 1.165) is 93.9 Å². The zero-order valence-corrected chi connectivity index (χ0v) is 30.2. The quantitative estimate of drug-likeness (QED) is 0.185. The number of aliphatic imine (C=N–C) groups is 1. The summed E-state index contributed by atoms with van der Waals surface area (Å²) >= 11 is 0. The van der Waals surface area contributed by atoms with Gasteiger partial charge in [0.05, 0.1) is 5.71 Å². The normalized spacial score (nSPS) is 14.6. The number of hydrogen-bond donors (Lipinski definition) is 1. The topological polar surface area (TPSA) is 50.7 Å². The second kappa shape index (κ2) is 12.0. The minimum absolute atomic E-state index is 0.335. The van der Waals surface area contributed by atoms with Crippen LogP contribution in [0.4, 0.5) is 0 Å². The van der Waals surface area contributed by atoms with Gasteiger partial charge in [-0.05, 0) is 97.0 Å². The average Bonchev–Trinajstić information content (AvgIpc) is 3.84. The van der Waals surface area contributed by atoms with E-state index in [4.69, 9.17) is 13.8 Å². The molecule has 1 aliphatic rings. The monoisotopic (exact) mass is 716 g/mol. The summed E-state index contributed by atoms with van der Waals surface area (Å²) in [6.45, 7) is 0. The van der Waals surface area contributed by atoms with Crippen LogP contribution in [0.15, 0.2) is 196 Å². The first-order chi connectivity index (χ1) is 27.7. The van der Waals surface area contributed by atoms with Crippen LogP contribution < -0.4 is 5.32 Å². The number of fused-ring (bicyclic) bond motifs is 11. The van der Waals surface area contributed by atoms with Crippen LogP contribution in [0.2, 0.25) is 0 Å². The first-order valence-electron chi connectivity index (χ1n) is 19.1. The molecule has 4 nitrogen and oxygen atoms in total. The standard InChI is InChI=1S/C52H32N2O2/c1-2-13-33(14-3-1)44-30-45(54-52(53-44)34-25-24-32-23-22-31-12-4-5-15-36(31)41(32)26-34)43-27-35(28-48-51(43)40-19-9-11-21-47(40)55-48)42-29-49-50(38-17-7-6-16-37(38)42)39-18-8-10-20-46(39)56-49/h1-30,52-53H. The van der Waals surface area contributed by atoms with E-state index in [1.165, 1.54) is 21.5 Å². The Balaban J connectivity index is 1.13. The number of benzene rings is 9. The van der Waals surface area contributed by atoms with Crippen molar-refractivity contribution in [3.05, 3.63) is 199 Å². The Morgan fingerprint density at radius 1 is 0.411 bits per heavy atom. The molecule has 0 bridgehead atoms. The molecular formula is C52H32N2O2. The maximum atomic E-state index is 6.69. The fourth-order valence-electron chi connectivity index (χ4n) is 8.85. The predicted molar refractivity (Wildman–Crippen MR) is 232 cm³/mol. The molecule has 1 unspecified atom stereocenters. The van der Waals surface area contributed by atoms with Gasteiger partial charge in [-0.1, -0.05) is 140 Å². The van der Waals surface area contributed by atoms with Crippen LogP contribution in [0, 0.1) is 0 Å². The lowest BCUT2D eigenvalue weighted by Crippen LogP contribution is -2.25. The summed E-state index contributed by atoms with van der Waals surface area (Å²) < 4.78 is 13.2. The van der Waals surface area contributed by atoms with Gasteiger partial charge in [0, 0.05) is 32.8 Å². The zero-order valence-electron chi connectivity index (χ0n) is 30.2. The first kappa shape index (κ1) is 31.0. The largest absolute Gasteiger partial charge is 0.456 e. The molecule has 1 aliphatic heterocycles. The Kier molecular flexibility index (Phi) is 6.66. The second-order valence-electron chi connectivity index (χ2n) is 14.7. The van der Waals surface area contributed by atoms with Crippen molar-refractivity contribution < 1.29 is 8.83 Å². The number of rotatable bonds is 4. The van der Waals surface area contributed by atoms with Gasteiger partial charge in [-0.25, -0.2) is 0 Å². The highest BCUT2D eigenvalue weighted by molar-refractivity contribution is 6.26. The Bertz CT molecular complexity index is 3460. The Morgan fingerprint density at radius 2 is 1.02 bits per heavy atom. The third-order valence-electron chi connectivity index (χ3n) is 11.5. The zero-order chi connectivity index (χ0) is 36.7. The number of furan rings is 2.